The normalized spacial score (nSPS) is 22.9. The number of carbonyl (C=O) groups excluding carboxylic acids is 2. The second-order valence-corrected chi connectivity index (χ2v) is 9.73. The number of hydrogen-bond donors (Lipinski definition) is 3. The quantitative estimate of drug-likeness (QED) is 0.394. The number of ether oxygens (including phenoxy) is 1. The van der Waals surface area contributed by atoms with Crippen molar-refractivity contribution in [1.29, 1.82) is 0 Å². The molecule has 11 nitrogen and oxygen atoms in total. The molecule has 2 aliphatic heterocycles. The number of methoxy groups -OCH3 is 1. The molecule has 3 N–H and O–H groups in total. The molecule has 37 heavy (non-hydrogen) atoms. The maximum Gasteiger partial charge on any atom is 0.282 e. The number of carbonyl (C=O) groups is 2. The van der Waals surface area contributed by atoms with Gasteiger partial charge in [-0.1, -0.05) is 37.3 Å². The zero-order chi connectivity index (χ0) is 26.2. The first kappa shape index (κ1) is 25.2. The van der Waals surface area contributed by atoms with Crippen LogP contribution in [0.5, 0.6) is 5.88 Å². The summed E-state index contributed by atoms with van der Waals surface area (Å²) >= 11 is 5.09. The van der Waals surface area contributed by atoms with E-state index in [2.05, 4.69) is 20.3 Å². The van der Waals surface area contributed by atoms with Gasteiger partial charge < -0.3 is 20.7 Å². The average molecular weight is 523 g/mol. The third kappa shape index (κ3) is 4.24. The van der Waals surface area contributed by atoms with Gasteiger partial charge in [0, 0.05) is 44.0 Å². The van der Waals surface area contributed by atoms with Crippen molar-refractivity contribution in [2.24, 2.45) is 5.73 Å². The zero-order valence-electron chi connectivity index (χ0n) is 20.7. The van der Waals surface area contributed by atoms with Gasteiger partial charge in [0.25, 0.3) is 5.91 Å². The largest absolute Gasteiger partial charge is 0.481 e. The lowest BCUT2D eigenvalue weighted by atomic mass is 9.93. The molecule has 1 saturated heterocycles. The number of thiol groups is 1. The number of aromatic nitrogens is 4. The molecule has 194 valence electrons. The Kier molecular flexibility index (Phi) is 6.88. The molecule has 0 saturated carbocycles. The number of rotatable bonds is 7. The van der Waals surface area contributed by atoms with Crippen molar-refractivity contribution in [2.45, 2.75) is 30.3 Å². The Hall–Kier alpha value is -3.48. The molecule has 1 aromatic carbocycles. The summed E-state index contributed by atoms with van der Waals surface area (Å²) in [5.74, 6) is 0.0697. The van der Waals surface area contributed by atoms with Gasteiger partial charge in [0.2, 0.25) is 17.7 Å². The van der Waals surface area contributed by atoms with Gasteiger partial charge in [-0.3, -0.25) is 14.5 Å². The van der Waals surface area contributed by atoms with E-state index in [1.165, 1.54) is 11.8 Å². The predicted octanol–water partition coefficient (Wildman–Crippen LogP) is 1.35. The van der Waals surface area contributed by atoms with Crippen LogP contribution >= 0.6 is 12.6 Å². The minimum Gasteiger partial charge on any atom is -0.481 e. The van der Waals surface area contributed by atoms with Crippen LogP contribution in [0.15, 0.2) is 48.7 Å². The highest BCUT2D eigenvalue weighted by Crippen LogP contribution is 2.43. The van der Waals surface area contributed by atoms with Crippen LogP contribution in [-0.4, -0.2) is 80.7 Å². The van der Waals surface area contributed by atoms with Crippen LogP contribution < -0.4 is 20.7 Å². The fraction of sp³-hybridized carbons (Fsp3) is 0.400. The van der Waals surface area contributed by atoms with Crippen LogP contribution in [-0.2, 0) is 4.79 Å². The molecule has 0 aliphatic carbocycles. The summed E-state index contributed by atoms with van der Waals surface area (Å²) in [6.45, 7) is 4.64. The van der Waals surface area contributed by atoms with E-state index in [0.717, 1.165) is 13.1 Å². The minimum absolute atomic E-state index is 0.245. The van der Waals surface area contributed by atoms with Gasteiger partial charge in [-0.15, -0.1) is 17.7 Å². The van der Waals surface area contributed by atoms with E-state index in [1.807, 2.05) is 42.2 Å². The molecule has 1 fully saturated rings. The zero-order valence-corrected chi connectivity index (χ0v) is 21.6. The molecule has 3 unspecified atom stereocenters. The number of benzene rings is 1. The second-order valence-electron chi connectivity index (χ2n) is 9.05. The first-order valence-electron chi connectivity index (χ1n) is 12.2. The summed E-state index contributed by atoms with van der Waals surface area (Å²) in [6, 6.07) is 11.3. The average Bonchev–Trinajstić information content (AvgIpc) is 3.38. The number of nitrogens with two attached hydrogens (primary N) is 1. The van der Waals surface area contributed by atoms with Crippen molar-refractivity contribution in [3.8, 4) is 17.3 Å². The molecular formula is C25H30N8O3S. The number of hydrogen-bond acceptors (Lipinski definition) is 10. The molecule has 2 aliphatic rings. The number of anilines is 1. The third-order valence-corrected chi connectivity index (χ3v) is 7.75. The second kappa shape index (κ2) is 10.1. The third-order valence-electron chi connectivity index (χ3n) is 6.98. The highest BCUT2D eigenvalue weighted by molar-refractivity contribution is 7.82. The van der Waals surface area contributed by atoms with Crippen LogP contribution in [0.1, 0.15) is 29.7 Å². The molecule has 3 aromatic rings. The van der Waals surface area contributed by atoms with E-state index in [4.69, 9.17) is 28.1 Å². The lowest BCUT2D eigenvalue weighted by molar-refractivity contribution is -0.119. The number of nitrogens with zero attached hydrogens (tertiary/aromatic N) is 6. The standard InChI is InChI=1S/C25H30N8O3S/c1-3-18-25(37,31-13-11-27-12-14-31)23(35)33-24(29-22(30-33)17-9-10-28-19(15-17)36-2)32(18)20(21(26)34)16-7-5-4-6-8-16/h4-10,15,18,20,27,37H,3,11-14H2,1-2H3,(H2,26,34). The summed E-state index contributed by atoms with van der Waals surface area (Å²) in [6.07, 6.45) is 2.10. The Morgan fingerprint density at radius 3 is 2.65 bits per heavy atom. The smallest absolute Gasteiger partial charge is 0.282 e. The molecule has 3 atom stereocenters. The van der Waals surface area contributed by atoms with E-state index >= 15 is 0 Å². The fourth-order valence-electron chi connectivity index (χ4n) is 5.25. The predicted molar refractivity (Wildman–Crippen MR) is 142 cm³/mol. The lowest BCUT2D eigenvalue weighted by Crippen LogP contribution is -2.71. The molecule has 12 heteroatoms. The van der Waals surface area contributed by atoms with E-state index < -0.39 is 22.9 Å². The molecule has 5 rings (SSSR count). The summed E-state index contributed by atoms with van der Waals surface area (Å²) in [7, 11) is 1.52. The number of nitrogens with one attached hydrogen (secondary N) is 1. The summed E-state index contributed by atoms with van der Waals surface area (Å²) in [5.41, 5.74) is 7.35. The van der Waals surface area contributed by atoms with Gasteiger partial charge in [-0.2, -0.15) is 9.67 Å². The highest BCUT2D eigenvalue weighted by atomic mass is 32.1. The Balaban J connectivity index is 1.73. The van der Waals surface area contributed by atoms with E-state index in [9.17, 15) is 9.59 Å². The van der Waals surface area contributed by atoms with Gasteiger partial charge in [-0.05, 0) is 18.1 Å². The summed E-state index contributed by atoms with van der Waals surface area (Å²) in [4.78, 5) is 38.8. The number of primary amides is 1. The molecule has 1 amide bonds. The maximum absolute atomic E-state index is 14.2. The molecule has 2 aromatic heterocycles. The highest BCUT2D eigenvalue weighted by Gasteiger charge is 2.57. The van der Waals surface area contributed by atoms with Crippen molar-refractivity contribution in [2.75, 3.05) is 38.2 Å². The van der Waals surface area contributed by atoms with Crippen molar-refractivity contribution < 1.29 is 14.3 Å². The van der Waals surface area contributed by atoms with E-state index in [1.54, 1.807) is 18.3 Å². The fourth-order valence-corrected chi connectivity index (χ4v) is 5.85. The Bertz CT molecular complexity index is 1300. The van der Waals surface area contributed by atoms with E-state index in [-0.39, 0.29) is 11.9 Å². The molecule has 0 radical (unpaired) electrons. The van der Waals surface area contributed by atoms with E-state index in [0.29, 0.717) is 42.3 Å². The van der Waals surface area contributed by atoms with Gasteiger partial charge in [-0.25, -0.2) is 4.98 Å². The van der Waals surface area contributed by atoms with Crippen molar-refractivity contribution in [3.63, 3.8) is 0 Å². The molecule has 4 heterocycles. The van der Waals surface area contributed by atoms with Crippen LogP contribution in [0.4, 0.5) is 5.95 Å². The monoisotopic (exact) mass is 522 g/mol. The lowest BCUT2D eigenvalue weighted by Gasteiger charge is -2.52. The topological polar surface area (TPSA) is 131 Å². The summed E-state index contributed by atoms with van der Waals surface area (Å²) in [5, 5.41) is 7.93. The van der Waals surface area contributed by atoms with Gasteiger partial charge >= 0.3 is 0 Å². The minimum atomic E-state index is -1.27. The number of fused-ring (bicyclic) bond motifs is 1. The first-order valence-corrected chi connectivity index (χ1v) is 12.7. The number of amides is 1. The van der Waals surface area contributed by atoms with Crippen LogP contribution in [0.25, 0.3) is 11.4 Å². The Morgan fingerprint density at radius 2 is 2.00 bits per heavy atom. The first-order chi connectivity index (χ1) is 17.9. The van der Waals surface area contributed by atoms with Gasteiger partial charge in [0.05, 0.1) is 13.2 Å². The number of pyridine rings is 1. The Labute approximate surface area is 220 Å². The van der Waals surface area contributed by atoms with Crippen molar-refractivity contribution >= 4 is 30.4 Å². The van der Waals surface area contributed by atoms with Gasteiger partial charge in [0.15, 0.2) is 10.7 Å². The molecule has 0 bridgehead atoms. The van der Waals surface area contributed by atoms with Crippen molar-refractivity contribution in [3.05, 3.63) is 54.2 Å². The van der Waals surface area contributed by atoms with Crippen molar-refractivity contribution in [1.82, 2.24) is 30.0 Å². The van der Waals surface area contributed by atoms with Crippen LogP contribution in [0.3, 0.4) is 0 Å². The Morgan fingerprint density at radius 1 is 1.27 bits per heavy atom. The molecular weight excluding hydrogens is 492 g/mol. The SMILES string of the molecule is CCC1N(C(C(N)=O)c2ccccc2)c2nc(-c3ccnc(OC)c3)nn2C(=O)C1(S)N1CCNCC1. The maximum atomic E-state index is 14.2. The van der Waals surface area contributed by atoms with Crippen LogP contribution in [0, 0.1) is 0 Å². The van der Waals surface area contributed by atoms with Gasteiger partial charge in [0.1, 0.15) is 6.04 Å². The summed E-state index contributed by atoms with van der Waals surface area (Å²) < 4.78 is 6.52. The van der Waals surface area contributed by atoms with Crippen LogP contribution in [0.2, 0.25) is 0 Å². The molecule has 0 spiro atoms. The number of piperazine rings is 1.